The third kappa shape index (κ3) is 2.88. The number of carbonyl (C=O) groups excluding carboxylic acids is 3. The Morgan fingerprint density at radius 2 is 2.00 bits per heavy atom. The van der Waals surface area contributed by atoms with E-state index < -0.39 is 41.7 Å². The first-order valence-electron chi connectivity index (χ1n) is 5.87. The zero-order valence-electron chi connectivity index (χ0n) is 10.8. The maximum Gasteiger partial charge on any atom is 0.416 e. The van der Waals surface area contributed by atoms with Crippen molar-refractivity contribution in [1.29, 1.82) is 0 Å². The summed E-state index contributed by atoms with van der Waals surface area (Å²) in [4.78, 5) is 35.3. The third-order valence-electron chi connectivity index (χ3n) is 3.08. The molecule has 0 fully saturated rings. The molecular formula is C13H10F3NO4. The maximum atomic E-state index is 12.6. The van der Waals surface area contributed by atoms with Crippen molar-refractivity contribution in [3.05, 3.63) is 29.3 Å². The number of methoxy groups -OCH3 is 1. The lowest BCUT2D eigenvalue weighted by Crippen LogP contribution is -2.27. The first-order valence-corrected chi connectivity index (χ1v) is 5.87. The van der Waals surface area contributed by atoms with Crippen molar-refractivity contribution in [2.24, 2.45) is 5.92 Å². The summed E-state index contributed by atoms with van der Waals surface area (Å²) in [7, 11) is 1.06. The molecule has 8 heteroatoms. The fourth-order valence-electron chi connectivity index (χ4n) is 2.04. The van der Waals surface area contributed by atoms with Gasteiger partial charge in [0.15, 0.2) is 5.78 Å². The molecule has 0 aromatic heterocycles. The molecule has 2 rings (SSSR count). The molecular weight excluding hydrogens is 291 g/mol. The molecule has 0 saturated carbocycles. The monoisotopic (exact) mass is 301 g/mol. The number of amides is 1. The minimum absolute atomic E-state index is 0.149. The van der Waals surface area contributed by atoms with Gasteiger partial charge >= 0.3 is 12.1 Å². The molecule has 21 heavy (non-hydrogen) atoms. The Hall–Kier alpha value is -2.38. The van der Waals surface area contributed by atoms with Gasteiger partial charge in [-0.25, -0.2) is 0 Å². The number of esters is 1. The number of benzene rings is 1. The van der Waals surface area contributed by atoms with Gasteiger partial charge in [0.05, 0.1) is 18.4 Å². The van der Waals surface area contributed by atoms with Crippen LogP contribution in [0.4, 0.5) is 18.9 Å². The molecule has 0 radical (unpaired) electrons. The zero-order chi connectivity index (χ0) is 15.8. The van der Waals surface area contributed by atoms with Crippen LogP contribution < -0.4 is 5.32 Å². The number of carbonyl (C=O) groups is 3. The predicted octanol–water partition coefficient (Wildman–Crippen LogP) is 2.02. The lowest BCUT2D eigenvalue weighted by molar-refractivity contribution is -0.145. The molecule has 112 valence electrons. The van der Waals surface area contributed by atoms with Crippen molar-refractivity contribution >= 4 is 23.3 Å². The standard InChI is InChI=1S/C13H10F3NO4/c1-21-12(20)8-5-10(18)17-9-4-6(13(14,15)16)2-3-7(9)11(8)19/h2-4,8H,5H2,1H3,(H,17,18). The van der Waals surface area contributed by atoms with E-state index in [0.29, 0.717) is 6.07 Å². The van der Waals surface area contributed by atoms with E-state index in [1.165, 1.54) is 0 Å². The Morgan fingerprint density at radius 3 is 2.57 bits per heavy atom. The summed E-state index contributed by atoms with van der Waals surface area (Å²) in [5, 5.41) is 2.21. The Labute approximate surface area is 117 Å². The van der Waals surface area contributed by atoms with E-state index in [2.05, 4.69) is 10.1 Å². The summed E-state index contributed by atoms with van der Waals surface area (Å²) < 4.78 is 42.4. The van der Waals surface area contributed by atoms with Crippen molar-refractivity contribution < 1.29 is 32.3 Å². The number of halogens is 3. The summed E-state index contributed by atoms with van der Waals surface area (Å²) >= 11 is 0. The average Bonchev–Trinajstić information content (AvgIpc) is 2.53. The second-order valence-corrected chi connectivity index (χ2v) is 4.45. The summed E-state index contributed by atoms with van der Waals surface area (Å²) in [6.07, 6.45) is -5.07. The maximum absolute atomic E-state index is 12.6. The van der Waals surface area contributed by atoms with Gasteiger partial charge in [-0.3, -0.25) is 14.4 Å². The van der Waals surface area contributed by atoms with E-state index in [9.17, 15) is 27.6 Å². The van der Waals surface area contributed by atoms with Gasteiger partial charge in [-0.2, -0.15) is 13.2 Å². The van der Waals surface area contributed by atoms with Crippen LogP contribution in [0.1, 0.15) is 22.3 Å². The van der Waals surface area contributed by atoms with Crippen LogP contribution in [0.15, 0.2) is 18.2 Å². The van der Waals surface area contributed by atoms with Gasteiger partial charge in [-0.1, -0.05) is 0 Å². The van der Waals surface area contributed by atoms with Crippen LogP contribution in [0, 0.1) is 5.92 Å². The molecule has 1 unspecified atom stereocenters. The summed E-state index contributed by atoms with van der Waals surface area (Å²) in [6, 6.07) is 2.34. The molecule has 5 nitrogen and oxygen atoms in total. The first kappa shape index (κ1) is 15.0. The molecule has 1 aromatic carbocycles. The highest BCUT2D eigenvalue weighted by atomic mass is 19.4. The number of ketones is 1. The SMILES string of the molecule is COC(=O)C1CC(=O)Nc2cc(C(F)(F)F)ccc2C1=O. The van der Waals surface area contributed by atoms with E-state index in [4.69, 9.17) is 0 Å². The Kier molecular flexibility index (Phi) is 3.71. The van der Waals surface area contributed by atoms with Crippen LogP contribution in [-0.4, -0.2) is 24.8 Å². The Morgan fingerprint density at radius 1 is 1.33 bits per heavy atom. The zero-order valence-corrected chi connectivity index (χ0v) is 10.8. The van der Waals surface area contributed by atoms with Crippen molar-refractivity contribution in [1.82, 2.24) is 0 Å². The quantitative estimate of drug-likeness (QED) is 0.636. The number of Topliss-reactive ketones (excluding diaryl/α,β-unsaturated/α-hetero) is 1. The number of rotatable bonds is 1. The van der Waals surface area contributed by atoms with Crippen molar-refractivity contribution in [2.45, 2.75) is 12.6 Å². The van der Waals surface area contributed by atoms with E-state index in [1.807, 2.05) is 0 Å². The first-order chi connectivity index (χ1) is 9.74. The summed E-state index contributed by atoms with van der Waals surface area (Å²) in [5.74, 6) is -3.73. The van der Waals surface area contributed by atoms with Gasteiger partial charge in [0.25, 0.3) is 0 Å². The van der Waals surface area contributed by atoms with Crippen molar-refractivity contribution in [3.63, 3.8) is 0 Å². The van der Waals surface area contributed by atoms with Gasteiger partial charge in [0, 0.05) is 12.0 Å². The number of nitrogens with one attached hydrogen (secondary N) is 1. The molecule has 0 bridgehead atoms. The number of alkyl halides is 3. The molecule has 1 aliphatic heterocycles. The predicted molar refractivity (Wildman–Crippen MR) is 64.5 cm³/mol. The second-order valence-electron chi connectivity index (χ2n) is 4.45. The van der Waals surface area contributed by atoms with Crippen LogP contribution in [-0.2, 0) is 20.5 Å². The molecule has 1 amide bonds. The number of fused-ring (bicyclic) bond motifs is 1. The van der Waals surface area contributed by atoms with Gasteiger partial charge in [-0.05, 0) is 18.2 Å². The third-order valence-corrected chi connectivity index (χ3v) is 3.08. The highest BCUT2D eigenvalue weighted by Crippen LogP contribution is 2.34. The smallest absolute Gasteiger partial charge is 0.416 e. The fraction of sp³-hybridized carbons (Fsp3) is 0.308. The number of hydrogen-bond acceptors (Lipinski definition) is 4. The Balaban J connectivity index is 2.50. The second kappa shape index (κ2) is 5.19. The largest absolute Gasteiger partial charge is 0.468 e. The molecule has 1 aliphatic rings. The minimum atomic E-state index is -4.60. The molecule has 1 heterocycles. The van der Waals surface area contributed by atoms with Crippen LogP contribution in [0.25, 0.3) is 0 Å². The lowest BCUT2D eigenvalue weighted by atomic mass is 9.94. The number of hydrogen-bond donors (Lipinski definition) is 1. The van der Waals surface area contributed by atoms with Crippen molar-refractivity contribution in [2.75, 3.05) is 12.4 Å². The highest BCUT2D eigenvalue weighted by Gasteiger charge is 2.37. The van der Waals surface area contributed by atoms with Crippen LogP contribution in [0.3, 0.4) is 0 Å². The highest BCUT2D eigenvalue weighted by molar-refractivity contribution is 6.17. The summed E-state index contributed by atoms with van der Waals surface area (Å²) in [6.45, 7) is 0. The fourth-order valence-corrected chi connectivity index (χ4v) is 2.04. The van der Waals surface area contributed by atoms with E-state index in [0.717, 1.165) is 19.2 Å². The van der Waals surface area contributed by atoms with E-state index >= 15 is 0 Å². The Bertz CT molecular complexity index is 624. The van der Waals surface area contributed by atoms with Gasteiger partial charge in [0.2, 0.25) is 5.91 Å². The summed E-state index contributed by atoms with van der Waals surface area (Å²) in [5.41, 5.74) is -1.40. The molecule has 1 atom stereocenters. The topological polar surface area (TPSA) is 72.5 Å². The van der Waals surface area contributed by atoms with E-state index in [-0.39, 0.29) is 11.3 Å². The van der Waals surface area contributed by atoms with Gasteiger partial charge in [-0.15, -0.1) is 0 Å². The van der Waals surface area contributed by atoms with Crippen LogP contribution >= 0.6 is 0 Å². The molecule has 0 aliphatic carbocycles. The molecule has 1 N–H and O–H groups in total. The average molecular weight is 301 g/mol. The van der Waals surface area contributed by atoms with Crippen molar-refractivity contribution in [3.8, 4) is 0 Å². The molecule has 1 aromatic rings. The van der Waals surface area contributed by atoms with E-state index in [1.54, 1.807) is 0 Å². The van der Waals surface area contributed by atoms with Crippen LogP contribution in [0.5, 0.6) is 0 Å². The van der Waals surface area contributed by atoms with Gasteiger partial charge < -0.3 is 10.1 Å². The molecule has 0 spiro atoms. The lowest BCUT2D eigenvalue weighted by Gasteiger charge is -2.12. The van der Waals surface area contributed by atoms with Crippen LogP contribution in [0.2, 0.25) is 0 Å². The molecule has 0 saturated heterocycles. The number of ether oxygens (including phenoxy) is 1. The van der Waals surface area contributed by atoms with Gasteiger partial charge in [0.1, 0.15) is 5.92 Å². The normalized spacial score (nSPS) is 18.6. The number of anilines is 1. The minimum Gasteiger partial charge on any atom is -0.468 e.